The maximum Gasteiger partial charge on any atom is 0.416 e. The Balaban J connectivity index is 0.00000484. The van der Waals surface area contributed by atoms with Crippen LogP contribution in [0.15, 0.2) is 29.2 Å². The van der Waals surface area contributed by atoms with Crippen LogP contribution in [-0.4, -0.2) is 23.7 Å². The van der Waals surface area contributed by atoms with Gasteiger partial charge in [0.15, 0.2) is 0 Å². The molecule has 1 rings (SSSR count). The van der Waals surface area contributed by atoms with Gasteiger partial charge in [0.1, 0.15) is 0 Å². The topological polar surface area (TPSA) is 55.1 Å². The van der Waals surface area contributed by atoms with Crippen LogP contribution in [0.3, 0.4) is 0 Å². The SMILES string of the molecule is CCC(N)(CC)CNC(=O)CSc1cccc(C(F)(F)F)c1.Cl. The lowest BCUT2D eigenvalue weighted by Crippen LogP contribution is -2.49. The molecule has 3 nitrogen and oxygen atoms in total. The number of hydrogen-bond acceptors (Lipinski definition) is 3. The number of rotatable bonds is 7. The van der Waals surface area contributed by atoms with E-state index in [-0.39, 0.29) is 24.1 Å². The zero-order valence-electron chi connectivity index (χ0n) is 13.1. The fourth-order valence-corrected chi connectivity index (χ4v) is 2.52. The van der Waals surface area contributed by atoms with E-state index < -0.39 is 17.3 Å². The molecule has 0 atom stereocenters. The van der Waals surface area contributed by atoms with Crippen LogP contribution < -0.4 is 11.1 Å². The Kier molecular flexibility index (Phi) is 9.02. The zero-order valence-corrected chi connectivity index (χ0v) is 14.7. The molecule has 0 aromatic heterocycles. The Morgan fingerprint density at radius 3 is 2.39 bits per heavy atom. The smallest absolute Gasteiger partial charge is 0.354 e. The molecule has 0 radical (unpaired) electrons. The minimum Gasteiger partial charge on any atom is -0.354 e. The van der Waals surface area contributed by atoms with Crippen LogP contribution in [-0.2, 0) is 11.0 Å². The summed E-state index contributed by atoms with van der Waals surface area (Å²) >= 11 is 1.07. The Hall–Kier alpha value is -0.920. The summed E-state index contributed by atoms with van der Waals surface area (Å²) in [6, 6.07) is 4.94. The first kappa shape index (κ1) is 22.1. The van der Waals surface area contributed by atoms with Gasteiger partial charge < -0.3 is 11.1 Å². The number of halogens is 4. The second-order valence-corrected chi connectivity index (χ2v) is 6.21. The van der Waals surface area contributed by atoms with E-state index >= 15 is 0 Å². The molecule has 0 saturated carbocycles. The third kappa shape index (κ3) is 7.46. The molecular formula is C15H22ClF3N2OS. The molecule has 0 saturated heterocycles. The minimum absolute atomic E-state index is 0. The van der Waals surface area contributed by atoms with Crippen molar-refractivity contribution in [2.45, 2.75) is 43.3 Å². The Morgan fingerprint density at radius 1 is 1.26 bits per heavy atom. The highest BCUT2D eigenvalue weighted by Crippen LogP contribution is 2.31. The first-order valence-corrected chi connectivity index (χ1v) is 8.04. The van der Waals surface area contributed by atoms with E-state index in [0.717, 1.165) is 36.7 Å². The highest BCUT2D eigenvalue weighted by molar-refractivity contribution is 8.00. The number of carbonyl (C=O) groups excluding carboxylic acids is 1. The summed E-state index contributed by atoms with van der Waals surface area (Å²) < 4.78 is 37.8. The third-order valence-corrected chi connectivity index (χ3v) is 4.57. The molecule has 3 N–H and O–H groups in total. The van der Waals surface area contributed by atoms with Gasteiger partial charge in [0, 0.05) is 17.0 Å². The van der Waals surface area contributed by atoms with Crippen molar-refractivity contribution in [3.63, 3.8) is 0 Å². The van der Waals surface area contributed by atoms with E-state index in [4.69, 9.17) is 5.73 Å². The molecule has 1 amide bonds. The number of carbonyl (C=O) groups is 1. The van der Waals surface area contributed by atoms with Gasteiger partial charge in [0.05, 0.1) is 11.3 Å². The van der Waals surface area contributed by atoms with Gasteiger partial charge in [-0.25, -0.2) is 0 Å². The number of nitrogens with one attached hydrogen (secondary N) is 1. The number of thioether (sulfide) groups is 1. The molecule has 1 aromatic rings. The summed E-state index contributed by atoms with van der Waals surface area (Å²) in [7, 11) is 0. The Labute approximate surface area is 145 Å². The predicted molar refractivity (Wildman–Crippen MR) is 89.9 cm³/mol. The maximum atomic E-state index is 12.6. The van der Waals surface area contributed by atoms with Gasteiger partial charge in [-0.2, -0.15) is 13.2 Å². The van der Waals surface area contributed by atoms with Crippen LogP contribution >= 0.6 is 24.2 Å². The van der Waals surface area contributed by atoms with Gasteiger partial charge >= 0.3 is 6.18 Å². The van der Waals surface area contributed by atoms with Gasteiger partial charge in [-0.15, -0.1) is 24.2 Å². The van der Waals surface area contributed by atoms with Crippen LogP contribution in [0.1, 0.15) is 32.3 Å². The van der Waals surface area contributed by atoms with Gasteiger partial charge in [0.25, 0.3) is 0 Å². The van der Waals surface area contributed by atoms with E-state index in [9.17, 15) is 18.0 Å². The van der Waals surface area contributed by atoms with Crippen molar-refractivity contribution >= 4 is 30.1 Å². The van der Waals surface area contributed by atoms with E-state index in [0.29, 0.717) is 11.4 Å². The molecule has 0 fully saturated rings. The second kappa shape index (κ2) is 9.39. The molecule has 0 aliphatic heterocycles. The van der Waals surface area contributed by atoms with E-state index in [1.165, 1.54) is 6.07 Å². The molecule has 0 unspecified atom stereocenters. The van der Waals surface area contributed by atoms with Crippen LogP contribution in [0, 0.1) is 0 Å². The van der Waals surface area contributed by atoms with Crippen LogP contribution in [0.5, 0.6) is 0 Å². The number of nitrogens with two attached hydrogens (primary N) is 1. The normalized spacial score (nSPS) is 11.7. The van der Waals surface area contributed by atoms with Crippen molar-refractivity contribution in [3.8, 4) is 0 Å². The van der Waals surface area contributed by atoms with Crippen molar-refractivity contribution in [2.24, 2.45) is 5.73 Å². The molecule has 0 heterocycles. The van der Waals surface area contributed by atoms with Gasteiger partial charge in [0.2, 0.25) is 5.91 Å². The minimum atomic E-state index is -4.37. The van der Waals surface area contributed by atoms with Gasteiger partial charge in [-0.05, 0) is 31.0 Å². The summed E-state index contributed by atoms with van der Waals surface area (Å²) in [6.07, 6.45) is -2.89. The highest BCUT2D eigenvalue weighted by atomic mass is 35.5. The predicted octanol–water partition coefficient (Wildman–Crippen LogP) is 3.85. The molecule has 0 bridgehead atoms. The average Bonchev–Trinajstić information content (AvgIpc) is 2.50. The summed E-state index contributed by atoms with van der Waals surface area (Å²) in [4.78, 5) is 12.2. The largest absolute Gasteiger partial charge is 0.416 e. The van der Waals surface area contributed by atoms with E-state index in [2.05, 4.69) is 5.32 Å². The standard InChI is InChI=1S/C15H21F3N2OS.ClH/c1-3-14(19,4-2)10-20-13(21)9-22-12-7-5-6-11(8-12)15(16,17)18;/h5-8H,3-4,9-10,19H2,1-2H3,(H,20,21);1H. The highest BCUT2D eigenvalue weighted by Gasteiger charge is 2.30. The molecule has 132 valence electrons. The quantitative estimate of drug-likeness (QED) is 0.717. The molecule has 1 aromatic carbocycles. The molecular weight excluding hydrogens is 349 g/mol. The summed E-state index contributed by atoms with van der Waals surface area (Å²) in [5.41, 5.74) is 4.93. The number of hydrogen-bond donors (Lipinski definition) is 2. The van der Waals surface area contributed by atoms with Crippen molar-refractivity contribution in [2.75, 3.05) is 12.3 Å². The van der Waals surface area contributed by atoms with Crippen LogP contribution in [0.25, 0.3) is 0 Å². The molecule has 0 spiro atoms. The number of amides is 1. The lowest BCUT2D eigenvalue weighted by atomic mass is 9.94. The first-order valence-electron chi connectivity index (χ1n) is 7.06. The summed E-state index contributed by atoms with van der Waals surface area (Å²) in [5, 5.41) is 2.73. The van der Waals surface area contributed by atoms with Crippen molar-refractivity contribution in [1.29, 1.82) is 0 Å². The fourth-order valence-electron chi connectivity index (χ4n) is 1.74. The third-order valence-electron chi connectivity index (χ3n) is 3.58. The lowest BCUT2D eigenvalue weighted by Gasteiger charge is -2.26. The Morgan fingerprint density at radius 2 is 1.87 bits per heavy atom. The molecule has 23 heavy (non-hydrogen) atoms. The van der Waals surface area contributed by atoms with Gasteiger partial charge in [-0.3, -0.25) is 4.79 Å². The number of alkyl halides is 3. The second-order valence-electron chi connectivity index (χ2n) is 5.16. The lowest BCUT2D eigenvalue weighted by molar-refractivity contribution is -0.137. The number of benzene rings is 1. The molecule has 0 aliphatic carbocycles. The molecule has 8 heteroatoms. The monoisotopic (exact) mass is 370 g/mol. The average molecular weight is 371 g/mol. The summed E-state index contributed by atoms with van der Waals surface area (Å²) in [6.45, 7) is 4.27. The molecule has 0 aliphatic rings. The van der Waals surface area contributed by atoms with Crippen molar-refractivity contribution in [3.05, 3.63) is 29.8 Å². The maximum absolute atomic E-state index is 12.6. The summed E-state index contributed by atoms with van der Waals surface area (Å²) in [5.74, 6) is -0.177. The van der Waals surface area contributed by atoms with Crippen molar-refractivity contribution in [1.82, 2.24) is 5.32 Å². The zero-order chi connectivity index (χ0) is 16.8. The fraction of sp³-hybridized carbons (Fsp3) is 0.533. The van der Waals surface area contributed by atoms with E-state index in [1.807, 2.05) is 13.8 Å². The van der Waals surface area contributed by atoms with Gasteiger partial charge in [-0.1, -0.05) is 19.9 Å². The van der Waals surface area contributed by atoms with Crippen molar-refractivity contribution < 1.29 is 18.0 Å². The van der Waals surface area contributed by atoms with Crippen LogP contribution in [0.4, 0.5) is 13.2 Å². The first-order chi connectivity index (χ1) is 10.2. The van der Waals surface area contributed by atoms with E-state index in [1.54, 1.807) is 6.07 Å². The Bertz CT molecular complexity index is 508. The van der Waals surface area contributed by atoms with Crippen LogP contribution in [0.2, 0.25) is 0 Å².